The number of hydrogen-bond donors (Lipinski definition) is 1. The molecule has 20 heavy (non-hydrogen) atoms. The van der Waals surface area contributed by atoms with E-state index in [0.717, 1.165) is 32.0 Å². The molecule has 0 radical (unpaired) electrons. The average molecular weight is 276 g/mol. The van der Waals surface area contributed by atoms with Gasteiger partial charge in [-0.3, -0.25) is 4.90 Å². The Bertz CT molecular complexity index is 404. The van der Waals surface area contributed by atoms with Crippen LogP contribution < -0.4 is 10.1 Å². The average Bonchev–Trinajstić information content (AvgIpc) is 2.47. The Balaban J connectivity index is 2.33. The van der Waals surface area contributed by atoms with Crippen molar-refractivity contribution in [3.05, 3.63) is 28.8 Å². The van der Waals surface area contributed by atoms with E-state index in [2.05, 4.69) is 36.2 Å². The molecule has 0 saturated carbocycles. The van der Waals surface area contributed by atoms with E-state index in [1.54, 1.807) is 0 Å². The molecule has 1 atom stereocenters. The second-order valence-corrected chi connectivity index (χ2v) is 5.52. The molecule has 0 aromatic heterocycles. The van der Waals surface area contributed by atoms with E-state index in [1.807, 2.05) is 14.0 Å². The van der Waals surface area contributed by atoms with E-state index < -0.39 is 0 Å². The zero-order chi connectivity index (χ0) is 14.5. The van der Waals surface area contributed by atoms with Crippen LogP contribution in [0.15, 0.2) is 12.1 Å². The van der Waals surface area contributed by atoms with Crippen molar-refractivity contribution in [1.29, 1.82) is 0 Å². The SMILES string of the molecule is CCOc1cc2c(cc1CNC)CC(CC)N(CC)C2. The fourth-order valence-electron chi connectivity index (χ4n) is 3.18. The zero-order valence-electron chi connectivity index (χ0n) is 13.3. The third-order valence-corrected chi connectivity index (χ3v) is 4.27. The second-order valence-electron chi connectivity index (χ2n) is 5.52. The highest BCUT2D eigenvalue weighted by Gasteiger charge is 2.24. The summed E-state index contributed by atoms with van der Waals surface area (Å²) in [7, 11) is 1.99. The van der Waals surface area contributed by atoms with Crippen molar-refractivity contribution in [2.75, 3.05) is 20.2 Å². The molecular formula is C17H28N2O. The van der Waals surface area contributed by atoms with Crippen molar-refractivity contribution in [2.24, 2.45) is 0 Å². The fourth-order valence-corrected chi connectivity index (χ4v) is 3.18. The van der Waals surface area contributed by atoms with Crippen LogP contribution in [0.25, 0.3) is 0 Å². The van der Waals surface area contributed by atoms with Gasteiger partial charge in [0.2, 0.25) is 0 Å². The highest BCUT2D eigenvalue weighted by atomic mass is 16.5. The lowest BCUT2D eigenvalue weighted by Crippen LogP contribution is -2.39. The number of fused-ring (bicyclic) bond motifs is 1. The van der Waals surface area contributed by atoms with Gasteiger partial charge < -0.3 is 10.1 Å². The Morgan fingerprint density at radius 3 is 2.65 bits per heavy atom. The minimum absolute atomic E-state index is 0.688. The van der Waals surface area contributed by atoms with Crippen LogP contribution in [0.1, 0.15) is 43.9 Å². The Morgan fingerprint density at radius 1 is 1.25 bits per heavy atom. The van der Waals surface area contributed by atoms with Crippen LogP contribution in [0, 0.1) is 0 Å². The summed E-state index contributed by atoms with van der Waals surface area (Å²) < 4.78 is 5.82. The standard InChI is InChI=1S/C17H28N2O/c1-5-16-9-13-8-14(11-18-4)17(20-7-3)10-15(13)12-19(16)6-2/h8,10,16,18H,5-7,9,11-12H2,1-4H3. The Kier molecular flexibility index (Phi) is 5.44. The minimum atomic E-state index is 0.688. The fraction of sp³-hybridized carbons (Fsp3) is 0.647. The summed E-state index contributed by atoms with van der Waals surface area (Å²) in [5.74, 6) is 1.05. The molecule has 2 rings (SSSR count). The Morgan fingerprint density at radius 2 is 2.05 bits per heavy atom. The normalized spacial score (nSPS) is 18.9. The molecule has 0 fully saturated rings. The van der Waals surface area contributed by atoms with Crippen molar-refractivity contribution in [3.63, 3.8) is 0 Å². The Labute approximate surface area is 123 Å². The molecule has 112 valence electrons. The number of rotatable bonds is 6. The van der Waals surface area contributed by atoms with E-state index in [1.165, 1.54) is 29.5 Å². The van der Waals surface area contributed by atoms with Gasteiger partial charge in [0.15, 0.2) is 0 Å². The number of nitrogens with zero attached hydrogens (tertiary/aromatic N) is 1. The van der Waals surface area contributed by atoms with Gasteiger partial charge in [0.25, 0.3) is 0 Å². The molecule has 1 aromatic rings. The van der Waals surface area contributed by atoms with Crippen LogP contribution in [-0.4, -0.2) is 31.1 Å². The molecule has 1 unspecified atom stereocenters. The van der Waals surface area contributed by atoms with Crippen LogP contribution in [0.3, 0.4) is 0 Å². The van der Waals surface area contributed by atoms with Gasteiger partial charge in [-0.1, -0.05) is 19.9 Å². The number of likely N-dealkylation sites (N-methyl/N-ethyl adjacent to an activating group) is 1. The maximum atomic E-state index is 5.82. The molecule has 0 aliphatic carbocycles. The van der Waals surface area contributed by atoms with Crippen LogP contribution in [0.4, 0.5) is 0 Å². The van der Waals surface area contributed by atoms with Crippen molar-refractivity contribution >= 4 is 0 Å². The van der Waals surface area contributed by atoms with Gasteiger partial charge in [-0.25, -0.2) is 0 Å². The van der Waals surface area contributed by atoms with Crippen LogP contribution in [-0.2, 0) is 19.5 Å². The summed E-state index contributed by atoms with van der Waals surface area (Å²) in [5, 5.41) is 3.24. The Hall–Kier alpha value is -1.06. The predicted octanol–water partition coefficient (Wildman–Crippen LogP) is 2.96. The second kappa shape index (κ2) is 7.09. The molecular weight excluding hydrogens is 248 g/mol. The third kappa shape index (κ3) is 3.15. The van der Waals surface area contributed by atoms with Crippen LogP contribution in [0.5, 0.6) is 5.75 Å². The largest absolute Gasteiger partial charge is 0.494 e. The molecule has 1 heterocycles. The maximum absolute atomic E-state index is 5.82. The van der Waals surface area contributed by atoms with Gasteiger partial charge in [0, 0.05) is 24.7 Å². The summed E-state index contributed by atoms with van der Waals surface area (Å²) in [6.07, 6.45) is 2.39. The van der Waals surface area contributed by atoms with E-state index in [4.69, 9.17) is 4.74 Å². The van der Waals surface area contributed by atoms with E-state index in [-0.39, 0.29) is 0 Å². The number of hydrogen-bond acceptors (Lipinski definition) is 3. The first kappa shape index (κ1) is 15.3. The lowest BCUT2D eigenvalue weighted by atomic mass is 9.90. The minimum Gasteiger partial charge on any atom is -0.494 e. The molecule has 0 saturated heterocycles. The third-order valence-electron chi connectivity index (χ3n) is 4.27. The van der Waals surface area contributed by atoms with E-state index in [0.29, 0.717) is 6.04 Å². The maximum Gasteiger partial charge on any atom is 0.124 e. The first-order chi connectivity index (χ1) is 9.73. The van der Waals surface area contributed by atoms with Gasteiger partial charge in [0.05, 0.1) is 6.61 Å². The molecule has 0 amide bonds. The smallest absolute Gasteiger partial charge is 0.124 e. The van der Waals surface area contributed by atoms with Gasteiger partial charge >= 0.3 is 0 Å². The van der Waals surface area contributed by atoms with Gasteiger partial charge in [-0.15, -0.1) is 0 Å². The van der Waals surface area contributed by atoms with E-state index in [9.17, 15) is 0 Å². The van der Waals surface area contributed by atoms with Crippen molar-refractivity contribution in [3.8, 4) is 5.75 Å². The summed E-state index contributed by atoms with van der Waals surface area (Å²) in [4.78, 5) is 2.58. The lowest BCUT2D eigenvalue weighted by Gasteiger charge is -2.36. The van der Waals surface area contributed by atoms with Crippen molar-refractivity contribution in [1.82, 2.24) is 10.2 Å². The number of ether oxygens (including phenoxy) is 1. The van der Waals surface area contributed by atoms with Gasteiger partial charge in [-0.2, -0.15) is 0 Å². The molecule has 1 aromatic carbocycles. The molecule has 1 aliphatic heterocycles. The zero-order valence-corrected chi connectivity index (χ0v) is 13.3. The van der Waals surface area contributed by atoms with Crippen molar-refractivity contribution in [2.45, 2.75) is 52.7 Å². The molecule has 0 spiro atoms. The number of nitrogens with one attached hydrogen (secondary N) is 1. The highest BCUT2D eigenvalue weighted by Crippen LogP contribution is 2.31. The highest BCUT2D eigenvalue weighted by molar-refractivity contribution is 5.44. The molecule has 1 aliphatic rings. The first-order valence-electron chi connectivity index (χ1n) is 7.89. The molecule has 3 heteroatoms. The van der Waals surface area contributed by atoms with Gasteiger partial charge in [-0.05, 0) is 50.6 Å². The topological polar surface area (TPSA) is 24.5 Å². The molecule has 1 N–H and O–H groups in total. The van der Waals surface area contributed by atoms with Crippen LogP contribution >= 0.6 is 0 Å². The first-order valence-corrected chi connectivity index (χ1v) is 7.89. The monoisotopic (exact) mass is 276 g/mol. The summed E-state index contributed by atoms with van der Waals surface area (Å²) in [6, 6.07) is 5.31. The summed E-state index contributed by atoms with van der Waals surface area (Å²) >= 11 is 0. The summed E-state index contributed by atoms with van der Waals surface area (Å²) in [6.45, 7) is 10.4. The lowest BCUT2D eigenvalue weighted by molar-refractivity contribution is 0.175. The molecule has 3 nitrogen and oxygen atoms in total. The predicted molar refractivity (Wildman–Crippen MR) is 84.2 cm³/mol. The number of benzene rings is 1. The van der Waals surface area contributed by atoms with Crippen molar-refractivity contribution < 1.29 is 4.74 Å². The summed E-state index contributed by atoms with van der Waals surface area (Å²) in [5.41, 5.74) is 4.24. The molecule has 0 bridgehead atoms. The van der Waals surface area contributed by atoms with E-state index >= 15 is 0 Å². The quantitative estimate of drug-likeness (QED) is 0.864. The van der Waals surface area contributed by atoms with Gasteiger partial charge in [0.1, 0.15) is 5.75 Å². The van der Waals surface area contributed by atoms with Crippen LogP contribution in [0.2, 0.25) is 0 Å².